The number of methoxy groups -OCH3 is 2. The van der Waals surface area contributed by atoms with Crippen molar-refractivity contribution in [3.8, 4) is 0 Å². The van der Waals surface area contributed by atoms with Gasteiger partial charge in [-0.25, -0.2) is 0 Å². The summed E-state index contributed by atoms with van der Waals surface area (Å²) >= 11 is 5.83. The number of hydrogen-bond acceptors (Lipinski definition) is 4. The van der Waals surface area contributed by atoms with Crippen molar-refractivity contribution in [3.05, 3.63) is 11.1 Å². The summed E-state index contributed by atoms with van der Waals surface area (Å²) in [7, 11) is 2.60. The van der Waals surface area contributed by atoms with E-state index in [2.05, 4.69) is 9.47 Å². The molecule has 0 aromatic rings. The van der Waals surface area contributed by atoms with Crippen LogP contribution in [-0.4, -0.2) is 26.2 Å². The summed E-state index contributed by atoms with van der Waals surface area (Å²) in [6, 6.07) is 0. The summed E-state index contributed by atoms with van der Waals surface area (Å²) < 4.78 is 9.26. The fourth-order valence-electron chi connectivity index (χ4n) is 1.67. The lowest BCUT2D eigenvalue weighted by atomic mass is 9.83. The Bertz CT molecular complexity index is 298. The molecule has 0 saturated heterocycles. The molecule has 2 unspecified atom stereocenters. The largest absolute Gasteiger partial charge is 0.469 e. The van der Waals surface area contributed by atoms with Crippen LogP contribution in [0, 0.1) is 11.8 Å². The van der Waals surface area contributed by atoms with Gasteiger partial charge < -0.3 is 9.47 Å². The molecule has 0 aliphatic heterocycles. The van der Waals surface area contributed by atoms with Crippen LogP contribution in [0.25, 0.3) is 0 Å². The molecule has 0 fully saturated rings. The van der Waals surface area contributed by atoms with Gasteiger partial charge in [0.1, 0.15) is 0 Å². The molecule has 2 atom stereocenters. The summed E-state index contributed by atoms with van der Waals surface area (Å²) in [5, 5.41) is 0.588. The fraction of sp³-hybridized carbons (Fsp3) is 0.600. The average Bonchev–Trinajstić information content (AvgIpc) is 2.26. The van der Waals surface area contributed by atoms with Crippen molar-refractivity contribution in [2.24, 2.45) is 11.8 Å². The van der Waals surface area contributed by atoms with Crippen LogP contribution < -0.4 is 0 Å². The highest BCUT2D eigenvalue weighted by Gasteiger charge is 2.37. The molecule has 4 nitrogen and oxygen atoms in total. The van der Waals surface area contributed by atoms with Crippen LogP contribution in [0.15, 0.2) is 11.1 Å². The number of allylic oxidation sites excluding steroid dienone is 2. The van der Waals surface area contributed by atoms with Gasteiger partial charge in [0.15, 0.2) is 0 Å². The van der Waals surface area contributed by atoms with Gasteiger partial charge in [-0.15, -0.1) is 0 Å². The Balaban J connectivity index is 2.84. The molecule has 5 heteroatoms. The van der Waals surface area contributed by atoms with Crippen molar-refractivity contribution in [2.45, 2.75) is 12.8 Å². The first kappa shape index (κ1) is 12.0. The van der Waals surface area contributed by atoms with Gasteiger partial charge in [0.25, 0.3) is 0 Å². The van der Waals surface area contributed by atoms with E-state index >= 15 is 0 Å². The van der Waals surface area contributed by atoms with E-state index in [1.165, 1.54) is 14.2 Å². The number of carbonyl (C=O) groups excluding carboxylic acids is 2. The first-order valence-electron chi connectivity index (χ1n) is 4.60. The van der Waals surface area contributed by atoms with Gasteiger partial charge in [-0.2, -0.15) is 0 Å². The Morgan fingerprint density at radius 1 is 1.27 bits per heavy atom. The van der Waals surface area contributed by atoms with Crippen molar-refractivity contribution in [3.63, 3.8) is 0 Å². The molecule has 0 heterocycles. The molecule has 0 N–H and O–H groups in total. The van der Waals surface area contributed by atoms with Gasteiger partial charge in [0, 0.05) is 5.03 Å². The topological polar surface area (TPSA) is 52.6 Å². The van der Waals surface area contributed by atoms with Crippen LogP contribution in [0.3, 0.4) is 0 Å². The Labute approximate surface area is 93.2 Å². The minimum absolute atomic E-state index is 0.341. The second kappa shape index (κ2) is 5.16. The lowest BCUT2D eigenvalue weighted by molar-refractivity contribution is -0.157. The number of carbonyl (C=O) groups is 2. The predicted octanol–water partition coefficient (Wildman–Crippen LogP) is 1.48. The molecule has 0 saturated carbocycles. The first-order valence-corrected chi connectivity index (χ1v) is 4.98. The summed E-state index contributed by atoms with van der Waals surface area (Å²) in [6.07, 6.45) is 2.50. The minimum Gasteiger partial charge on any atom is -0.469 e. The normalized spacial score (nSPS) is 25.4. The predicted molar refractivity (Wildman–Crippen MR) is 54.2 cm³/mol. The van der Waals surface area contributed by atoms with E-state index in [1.807, 2.05) is 0 Å². The molecule has 0 amide bonds. The average molecular weight is 233 g/mol. The molecule has 1 aliphatic carbocycles. The van der Waals surface area contributed by atoms with Gasteiger partial charge in [0.2, 0.25) is 0 Å². The van der Waals surface area contributed by atoms with E-state index in [9.17, 15) is 9.59 Å². The highest BCUT2D eigenvalue weighted by molar-refractivity contribution is 6.29. The highest BCUT2D eigenvalue weighted by Crippen LogP contribution is 2.33. The van der Waals surface area contributed by atoms with Crippen LogP contribution in [0.1, 0.15) is 12.8 Å². The van der Waals surface area contributed by atoms with Gasteiger partial charge in [-0.3, -0.25) is 9.59 Å². The van der Waals surface area contributed by atoms with E-state index < -0.39 is 23.8 Å². The molecular weight excluding hydrogens is 220 g/mol. The number of hydrogen-bond donors (Lipinski definition) is 0. The number of ether oxygens (including phenoxy) is 2. The standard InChI is InChI=1S/C10H13ClO4/c1-14-9(12)7-4-3-6(11)5-8(7)10(13)15-2/h3,7-8H,4-5H2,1-2H3. The van der Waals surface area contributed by atoms with Gasteiger partial charge >= 0.3 is 11.9 Å². The van der Waals surface area contributed by atoms with E-state index in [0.29, 0.717) is 17.9 Å². The number of esters is 2. The van der Waals surface area contributed by atoms with Crippen molar-refractivity contribution >= 4 is 23.5 Å². The van der Waals surface area contributed by atoms with Crippen LogP contribution in [0.2, 0.25) is 0 Å². The third-order valence-electron chi connectivity index (χ3n) is 2.50. The van der Waals surface area contributed by atoms with Crippen molar-refractivity contribution < 1.29 is 19.1 Å². The molecule has 1 rings (SSSR count). The molecule has 0 spiro atoms. The fourth-order valence-corrected chi connectivity index (χ4v) is 1.92. The monoisotopic (exact) mass is 232 g/mol. The quantitative estimate of drug-likeness (QED) is 0.677. The van der Waals surface area contributed by atoms with Gasteiger partial charge in [-0.1, -0.05) is 17.7 Å². The van der Waals surface area contributed by atoms with E-state index in [-0.39, 0.29) is 0 Å². The third-order valence-corrected chi connectivity index (χ3v) is 2.81. The van der Waals surface area contributed by atoms with Crippen molar-refractivity contribution in [1.29, 1.82) is 0 Å². The molecule has 15 heavy (non-hydrogen) atoms. The zero-order valence-corrected chi connectivity index (χ0v) is 9.41. The minimum atomic E-state index is -0.528. The Hall–Kier alpha value is -1.03. The van der Waals surface area contributed by atoms with E-state index in [4.69, 9.17) is 11.6 Å². The smallest absolute Gasteiger partial charge is 0.309 e. The Morgan fingerprint density at radius 2 is 1.80 bits per heavy atom. The van der Waals surface area contributed by atoms with E-state index in [1.54, 1.807) is 6.08 Å². The zero-order chi connectivity index (χ0) is 11.4. The van der Waals surface area contributed by atoms with Crippen LogP contribution >= 0.6 is 11.6 Å². The SMILES string of the molecule is COC(=O)C1CC=C(Cl)CC1C(=O)OC. The molecule has 84 valence electrons. The number of rotatable bonds is 2. The molecule has 0 aromatic heterocycles. The van der Waals surface area contributed by atoms with Crippen LogP contribution in [-0.2, 0) is 19.1 Å². The Morgan fingerprint density at radius 3 is 2.33 bits per heavy atom. The van der Waals surface area contributed by atoms with Crippen LogP contribution in [0.5, 0.6) is 0 Å². The van der Waals surface area contributed by atoms with Crippen molar-refractivity contribution in [1.82, 2.24) is 0 Å². The van der Waals surface area contributed by atoms with E-state index in [0.717, 1.165) is 0 Å². The molecule has 0 bridgehead atoms. The number of halogens is 1. The third kappa shape index (κ3) is 2.72. The molecular formula is C10H13ClO4. The van der Waals surface area contributed by atoms with Gasteiger partial charge in [0.05, 0.1) is 26.1 Å². The second-order valence-electron chi connectivity index (χ2n) is 3.35. The molecule has 0 radical (unpaired) electrons. The maximum Gasteiger partial charge on any atom is 0.309 e. The van der Waals surface area contributed by atoms with Crippen molar-refractivity contribution in [2.75, 3.05) is 14.2 Å². The van der Waals surface area contributed by atoms with Gasteiger partial charge in [-0.05, 0) is 12.8 Å². The zero-order valence-electron chi connectivity index (χ0n) is 8.66. The lowest BCUT2D eigenvalue weighted by Crippen LogP contribution is -2.33. The molecule has 0 aromatic carbocycles. The molecule has 1 aliphatic rings. The second-order valence-corrected chi connectivity index (χ2v) is 3.84. The first-order chi connectivity index (χ1) is 7.10. The summed E-state index contributed by atoms with van der Waals surface area (Å²) in [6.45, 7) is 0. The summed E-state index contributed by atoms with van der Waals surface area (Å²) in [4.78, 5) is 22.8. The Kier molecular flexibility index (Phi) is 4.15. The lowest BCUT2D eigenvalue weighted by Gasteiger charge is -2.25. The van der Waals surface area contributed by atoms with Crippen LogP contribution in [0.4, 0.5) is 0 Å². The maximum atomic E-state index is 11.4. The summed E-state index contributed by atoms with van der Waals surface area (Å²) in [5.41, 5.74) is 0. The highest BCUT2D eigenvalue weighted by atomic mass is 35.5. The maximum absolute atomic E-state index is 11.4. The summed E-state index contributed by atoms with van der Waals surface area (Å²) in [5.74, 6) is -1.83.